The monoisotopic (exact) mass is 217 g/mol. The van der Waals surface area contributed by atoms with Crippen molar-refractivity contribution >= 4 is 0 Å². The van der Waals surface area contributed by atoms with E-state index in [2.05, 4.69) is 11.1 Å². The van der Waals surface area contributed by atoms with E-state index >= 15 is 0 Å². The van der Waals surface area contributed by atoms with Gasteiger partial charge in [0.1, 0.15) is 0 Å². The number of rotatable bonds is 1. The average Bonchev–Trinajstić information content (AvgIpc) is 2.74. The molecule has 3 rings (SSSR count). The summed E-state index contributed by atoms with van der Waals surface area (Å²) in [5.41, 5.74) is 2.68. The number of pyridine rings is 1. The van der Waals surface area contributed by atoms with Crippen molar-refractivity contribution in [2.75, 3.05) is 0 Å². The minimum Gasteiger partial charge on any atom is -0.393 e. The van der Waals surface area contributed by atoms with Crippen LogP contribution in [0.5, 0.6) is 0 Å². The van der Waals surface area contributed by atoms with Crippen LogP contribution in [0.25, 0.3) is 0 Å². The summed E-state index contributed by atoms with van der Waals surface area (Å²) in [6.45, 7) is 0. The Hall–Kier alpha value is -0.890. The van der Waals surface area contributed by atoms with E-state index in [4.69, 9.17) is 0 Å². The summed E-state index contributed by atoms with van der Waals surface area (Å²) >= 11 is 0. The van der Waals surface area contributed by atoms with Crippen LogP contribution in [0.4, 0.5) is 0 Å². The second-order valence-electron chi connectivity index (χ2n) is 5.21. The Morgan fingerprint density at radius 3 is 2.94 bits per heavy atom. The third-order valence-electron chi connectivity index (χ3n) is 4.30. The minimum absolute atomic E-state index is 0.0910. The molecule has 3 atom stereocenters. The molecule has 0 saturated heterocycles. The Labute approximate surface area is 96.7 Å². The second kappa shape index (κ2) is 4.17. The van der Waals surface area contributed by atoms with E-state index in [1.54, 1.807) is 0 Å². The topological polar surface area (TPSA) is 33.1 Å². The Morgan fingerprint density at radius 1 is 1.19 bits per heavy atom. The van der Waals surface area contributed by atoms with Crippen molar-refractivity contribution in [2.45, 2.75) is 50.5 Å². The van der Waals surface area contributed by atoms with Gasteiger partial charge in [0.15, 0.2) is 0 Å². The minimum atomic E-state index is -0.0910. The maximum Gasteiger partial charge on any atom is 0.0574 e. The molecule has 2 heteroatoms. The zero-order chi connectivity index (χ0) is 11.0. The second-order valence-corrected chi connectivity index (χ2v) is 5.21. The summed E-state index contributed by atoms with van der Waals surface area (Å²) in [6, 6.07) is 4.22. The van der Waals surface area contributed by atoms with Crippen LogP contribution in [0, 0.1) is 5.92 Å². The first-order valence-corrected chi connectivity index (χ1v) is 6.48. The first kappa shape index (κ1) is 10.3. The molecule has 16 heavy (non-hydrogen) atoms. The van der Waals surface area contributed by atoms with E-state index in [1.165, 1.54) is 36.9 Å². The predicted octanol–water partition coefficient (Wildman–Crippen LogP) is 2.66. The van der Waals surface area contributed by atoms with Crippen LogP contribution in [0.1, 0.15) is 49.3 Å². The van der Waals surface area contributed by atoms with Crippen LogP contribution in [0.3, 0.4) is 0 Å². The number of hydrogen-bond acceptors (Lipinski definition) is 2. The lowest BCUT2D eigenvalue weighted by Gasteiger charge is -2.32. The van der Waals surface area contributed by atoms with Crippen LogP contribution in [-0.4, -0.2) is 16.2 Å². The maximum absolute atomic E-state index is 10.1. The molecule has 1 aromatic heterocycles. The molecule has 1 heterocycles. The molecule has 0 bridgehead atoms. The Bertz CT molecular complexity index is 377. The third kappa shape index (κ3) is 1.65. The van der Waals surface area contributed by atoms with Crippen molar-refractivity contribution in [3.8, 4) is 0 Å². The predicted molar refractivity (Wildman–Crippen MR) is 63.3 cm³/mol. The SMILES string of the molecule is OC1CCCCC1C1CCc2cccnc21. The van der Waals surface area contributed by atoms with Crippen molar-refractivity contribution in [3.05, 3.63) is 29.6 Å². The molecule has 1 saturated carbocycles. The largest absolute Gasteiger partial charge is 0.393 e. The first-order chi connectivity index (χ1) is 7.86. The van der Waals surface area contributed by atoms with Gasteiger partial charge in [0, 0.05) is 17.8 Å². The van der Waals surface area contributed by atoms with E-state index < -0.39 is 0 Å². The van der Waals surface area contributed by atoms with Gasteiger partial charge in [-0.1, -0.05) is 18.9 Å². The molecule has 2 aliphatic rings. The highest BCUT2D eigenvalue weighted by Gasteiger charge is 2.35. The third-order valence-corrected chi connectivity index (χ3v) is 4.30. The molecule has 0 amide bonds. The zero-order valence-corrected chi connectivity index (χ0v) is 9.60. The highest BCUT2D eigenvalue weighted by Crippen LogP contribution is 2.43. The smallest absolute Gasteiger partial charge is 0.0574 e. The van der Waals surface area contributed by atoms with Gasteiger partial charge in [-0.25, -0.2) is 0 Å². The lowest BCUT2D eigenvalue weighted by atomic mass is 9.77. The van der Waals surface area contributed by atoms with Gasteiger partial charge in [-0.15, -0.1) is 0 Å². The Morgan fingerprint density at radius 2 is 2.06 bits per heavy atom. The highest BCUT2D eigenvalue weighted by molar-refractivity contribution is 5.29. The summed E-state index contributed by atoms with van der Waals surface area (Å²) in [6.07, 6.45) is 8.79. The summed E-state index contributed by atoms with van der Waals surface area (Å²) in [5, 5.41) is 10.1. The van der Waals surface area contributed by atoms with Gasteiger partial charge in [0.05, 0.1) is 6.10 Å². The number of nitrogens with zero attached hydrogens (tertiary/aromatic N) is 1. The number of fused-ring (bicyclic) bond motifs is 1. The van der Waals surface area contributed by atoms with Crippen LogP contribution >= 0.6 is 0 Å². The van der Waals surface area contributed by atoms with Crippen LogP contribution in [0.2, 0.25) is 0 Å². The van der Waals surface area contributed by atoms with Crippen molar-refractivity contribution < 1.29 is 5.11 Å². The standard InChI is InChI=1S/C14H19NO/c16-13-6-2-1-5-11(13)12-8-7-10-4-3-9-15-14(10)12/h3-4,9,11-13,16H,1-2,5-8H2. The number of aryl methyl sites for hydroxylation is 1. The van der Waals surface area contributed by atoms with E-state index in [0.29, 0.717) is 11.8 Å². The van der Waals surface area contributed by atoms with Crippen molar-refractivity contribution in [1.82, 2.24) is 4.98 Å². The molecule has 2 aliphatic carbocycles. The molecule has 2 nitrogen and oxygen atoms in total. The number of hydrogen-bond donors (Lipinski definition) is 1. The number of aliphatic hydroxyl groups is 1. The van der Waals surface area contributed by atoms with E-state index in [0.717, 1.165) is 12.8 Å². The van der Waals surface area contributed by atoms with Gasteiger partial charge in [-0.2, -0.15) is 0 Å². The molecular formula is C14H19NO. The fraction of sp³-hybridized carbons (Fsp3) is 0.643. The quantitative estimate of drug-likeness (QED) is 0.784. The summed E-state index contributed by atoms with van der Waals surface area (Å²) in [7, 11) is 0. The molecule has 1 aromatic rings. The van der Waals surface area contributed by atoms with Crippen LogP contribution < -0.4 is 0 Å². The normalized spacial score (nSPS) is 33.7. The Kier molecular flexibility index (Phi) is 2.68. The van der Waals surface area contributed by atoms with Crippen LogP contribution in [-0.2, 0) is 6.42 Å². The lowest BCUT2D eigenvalue weighted by Crippen LogP contribution is -2.29. The molecule has 0 aromatic carbocycles. The van der Waals surface area contributed by atoms with E-state index in [1.807, 2.05) is 12.3 Å². The molecule has 3 unspecified atom stereocenters. The number of aliphatic hydroxyl groups excluding tert-OH is 1. The molecule has 0 radical (unpaired) electrons. The van der Waals surface area contributed by atoms with Crippen LogP contribution in [0.15, 0.2) is 18.3 Å². The molecule has 86 valence electrons. The molecule has 1 fully saturated rings. The summed E-state index contributed by atoms with van der Waals surface area (Å²) < 4.78 is 0. The van der Waals surface area contributed by atoms with Crippen molar-refractivity contribution in [1.29, 1.82) is 0 Å². The molecule has 1 N–H and O–H groups in total. The average molecular weight is 217 g/mol. The highest BCUT2D eigenvalue weighted by atomic mass is 16.3. The van der Waals surface area contributed by atoms with Gasteiger partial charge < -0.3 is 5.11 Å². The fourth-order valence-corrected chi connectivity index (χ4v) is 3.47. The van der Waals surface area contributed by atoms with Crippen molar-refractivity contribution in [2.24, 2.45) is 5.92 Å². The number of aromatic nitrogens is 1. The Balaban J connectivity index is 1.86. The molecule has 0 spiro atoms. The molecular weight excluding hydrogens is 198 g/mol. The maximum atomic E-state index is 10.1. The van der Waals surface area contributed by atoms with Gasteiger partial charge >= 0.3 is 0 Å². The van der Waals surface area contributed by atoms with E-state index in [9.17, 15) is 5.11 Å². The molecule has 0 aliphatic heterocycles. The van der Waals surface area contributed by atoms with Gasteiger partial charge in [-0.05, 0) is 43.2 Å². The van der Waals surface area contributed by atoms with Gasteiger partial charge in [0.2, 0.25) is 0 Å². The van der Waals surface area contributed by atoms with Gasteiger partial charge in [-0.3, -0.25) is 4.98 Å². The first-order valence-electron chi connectivity index (χ1n) is 6.48. The van der Waals surface area contributed by atoms with E-state index in [-0.39, 0.29) is 6.10 Å². The van der Waals surface area contributed by atoms with Crippen molar-refractivity contribution in [3.63, 3.8) is 0 Å². The zero-order valence-electron chi connectivity index (χ0n) is 9.60. The summed E-state index contributed by atoms with van der Waals surface area (Å²) in [5.74, 6) is 0.983. The summed E-state index contributed by atoms with van der Waals surface area (Å²) in [4.78, 5) is 4.54. The fourth-order valence-electron chi connectivity index (χ4n) is 3.47. The lowest BCUT2D eigenvalue weighted by molar-refractivity contribution is 0.0542. The van der Waals surface area contributed by atoms with Gasteiger partial charge in [0.25, 0.3) is 0 Å².